The highest BCUT2D eigenvalue weighted by atomic mass is 35.5. The molecule has 0 saturated carbocycles. The molecule has 1 saturated heterocycles. The minimum Gasteiger partial charge on any atom is -0.354 e. The van der Waals surface area contributed by atoms with Gasteiger partial charge in [0.05, 0.1) is 5.41 Å². The molecular weight excluding hydrogens is 295 g/mol. The van der Waals surface area contributed by atoms with Crippen molar-refractivity contribution in [3.05, 3.63) is 34.9 Å². The lowest BCUT2D eigenvalue weighted by Crippen LogP contribution is -2.45. The topological polar surface area (TPSA) is 41.1 Å². The van der Waals surface area contributed by atoms with E-state index in [1.807, 2.05) is 38.1 Å². The van der Waals surface area contributed by atoms with E-state index in [0.717, 1.165) is 18.5 Å². The van der Waals surface area contributed by atoms with E-state index in [9.17, 15) is 4.79 Å². The highest BCUT2D eigenvalue weighted by molar-refractivity contribution is 6.30. The van der Waals surface area contributed by atoms with Crippen molar-refractivity contribution < 1.29 is 4.79 Å². The number of nitrogens with one attached hydrogen (secondary N) is 2. The first-order chi connectivity index (χ1) is 9.00. The molecule has 1 fully saturated rings. The van der Waals surface area contributed by atoms with E-state index in [2.05, 4.69) is 10.6 Å². The maximum absolute atomic E-state index is 12.3. The quantitative estimate of drug-likeness (QED) is 0.896. The van der Waals surface area contributed by atoms with E-state index in [0.29, 0.717) is 17.6 Å². The summed E-state index contributed by atoms with van der Waals surface area (Å²) in [6.07, 6.45) is 2.34. The van der Waals surface area contributed by atoms with Crippen LogP contribution in [0.1, 0.15) is 32.3 Å². The zero-order valence-electron chi connectivity index (χ0n) is 11.9. The van der Waals surface area contributed by atoms with Crippen LogP contribution in [0.2, 0.25) is 5.02 Å². The number of rotatable bonds is 4. The predicted molar refractivity (Wildman–Crippen MR) is 85.8 cm³/mol. The summed E-state index contributed by atoms with van der Waals surface area (Å²) in [7, 11) is 0. The van der Waals surface area contributed by atoms with Gasteiger partial charge in [0.2, 0.25) is 5.91 Å². The van der Waals surface area contributed by atoms with Gasteiger partial charge in [0, 0.05) is 17.6 Å². The summed E-state index contributed by atoms with van der Waals surface area (Å²) in [5, 5.41) is 7.11. The molecule has 1 aromatic rings. The van der Waals surface area contributed by atoms with Crippen LogP contribution in [0.25, 0.3) is 0 Å². The zero-order valence-corrected chi connectivity index (χ0v) is 13.5. The SMILES string of the molecule is CC(C)(C(=O)NCC1CCCN1)c1ccc(Cl)cc1.Cl. The molecule has 0 bridgehead atoms. The van der Waals surface area contributed by atoms with Crippen LogP contribution < -0.4 is 10.6 Å². The molecule has 3 nitrogen and oxygen atoms in total. The van der Waals surface area contributed by atoms with Crippen molar-refractivity contribution in [2.75, 3.05) is 13.1 Å². The van der Waals surface area contributed by atoms with Gasteiger partial charge in [-0.1, -0.05) is 23.7 Å². The Morgan fingerprint density at radius 1 is 1.40 bits per heavy atom. The first-order valence-electron chi connectivity index (χ1n) is 6.78. The van der Waals surface area contributed by atoms with Crippen molar-refractivity contribution >= 4 is 29.9 Å². The number of benzene rings is 1. The molecule has 1 amide bonds. The van der Waals surface area contributed by atoms with Crippen molar-refractivity contribution in [3.8, 4) is 0 Å². The molecule has 1 atom stereocenters. The standard InChI is InChI=1S/C15H21ClN2O.ClH/c1-15(2,11-5-7-12(16)8-6-11)14(19)18-10-13-4-3-9-17-13;/h5-8,13,17H,3-4,9-10H2,1-2H3,(H,18,19);1H. The summed E-state index contributed by atoms with van der Waals surface area (Å²) in [5.41, 5.74) is 0.442. The molecule has 20 heavy (non-hydrogen) atoms. The van der Waals surface area contributed by atoms with Crippen LogP contribution >= 0.6 is 24.0 Å². The third-order valence-electron chi connectivity index (χ3n) is 3.80. The lowest BCUT2D eigenvalue weighted by Gasteiger charge is -2.25. The van der Waals surface area contributed by atoms with E-state index >= 15 is 0 Å². The van der Waals surface area contributed by atoms with Crippen LogP contribution in [0.4, 0.5) is 0 Å². The van der Waals surface area contributed by atoms with Gasteiger partial charge in [0.1, 0.15) is 0 Å². The van der Waals surface area contributed by atoms with E-state index in [1.54, 1.807) is 0 Å². The van der Waals surface area contributed by atoms with Gasteiger partial charge in [-0.2, -0.15) is 0 Å². The van der Waals surface area contributed by atoms with Gasteiger partial charge in [-0.05, 0) is 50.9 Å². The summed E-state index contributed by atoms with van der Waals surface area (Å²) >= 11 is 5.88. The van der Waals surface area contributed by atoms with Crippen molar-refractivity contribution in [3.63, 3.8) is 0 Å². The van der Waals surface area contributed by atoms with Crippen LogP contribution in [0.5, 0.6) is 0 Å². The highest BCUT2D eigenvalue weighted by Crippen LogP contribution is 2.24. The molecule has 1 aliphatic rings. The number of halogens is 2. The summed E-state index contributed by atoms with van der Waals surface area (Å²) in [5.74, 6) is 0.0588. The van der Waals surface area contributed by atoms with Gasteiger partial charge in [0.25, 0.3) is 0 Å². The first-order valence-corrected chi connectivity index (χ1v) is 7.15. The van der Waals surface area contributed by atoms with Crippen molar-refractivity contribution in [1.82, 2.24) is 10.6 Å². The summed E-state index contributed by atoms with van der Waals surface area (Å²) in [6.45, 7) is 5.64. The molecule has 0 radical (unpaired) electrons. The van der Waals surface area contributed by atoms with Crippen LogP contribution in [0.3, 0.4) is 0 Å². The van der Waals surface area contributed by atoms with E-state index in [1.165, 1.54) is 6.42 Å². The number of amides is 1. The average Bonchev–Trinajstić information content (AvgIpc) is 2.89. The average molecular weight is 317 g/mol. The minimum absolute atomic E-state index is 0. The molecule has 0 aromatic heterocycles. The van der Waals surface area contributed by atoms with E-state index in [4.69, 9.17) is 11.6 Å². The Labute approximate surface area is 131 Å². The van der Waals surface area contributed by atoms with Gasteiger partial charge in [-0.15, -0.1) is 12.4 Å². The molecular formula is C15H22Cl2N2O. The Balaban J connectivity index is 0.00000200. The van der Waals surface area contributed by atoms with Crippen LogP contribution in [0.15, 0.2) is 24.3 Å². The molecule has 1 aromatic carbocycles. The van der Waals surface area contributed by atoms with Gasteiger partial charge in [0.15, 0.2) is 0 Å². The summed E-state index contributed by atoms with van der Waals surface area (Å²) < 4.78 is 0. The van der Waals surface area contributed by atoms with E-state index < -0.39 is 5.41 Å². The van der Waals surface area contributed by atoms with Gasteiger partial charge < -0.3 is 10.6 Å². The predicted octanol–water partition coefficient (Wildman–Crippen LogP) is 2.91. The molecule has 1 aliphatic heterocycles. The lowest BCUT2D eigenvalue weighted by atomic mass is 9.83. The Kier molecular flexibility index (Phi) is 6.31. The van der Waals surface area contributed by atoms with Gasteiger partial charge in [-0.3, -0.25) is 4.79 Å². The Bertz CT molecular complexity index is 440. The number of carbonyl (C=O) groups excluding carboxylic acids is 1. The Morgan fingerprint density at radius 2 is 2.05 bits per heavy atom. The number of hydrogen-bond donors (Lipinski definition) is 2. The second kappa shape index (κ2) is 7.30. The molecule has 5 heteroatoms. The molecule has 1 heterocycles. The molecule has 112 valence electrons. The van der Waals surface area contributed by atoms with Crippen molar-refractivity contribution in [2.24, 2.45) is 0 Å². The number of carbonyl (C=O) groups is 1. The summed E-state index contributed by atoms with van der Waals surface area (Å²) in [4.78, 5) is 12.3. The fourth-order valence-electron chi connectivity index (χ4n) is 2.37. The molecule has 1 unspecified atom stereocenters. The molecule has 0 aliphatic carbocycles. The smallest absolute Gasteiger partial charge is 0.230 e. The molecule has 0 spiro atoms. The number of hydrogen-bond acceptors (Lipinski definition) is 2. The van der Waals surface area contributed by atoms with Crippen molar-refractivity contribution in [1.29, 1.82) is 0 Å². The first kappa shape index (κ1) is 17.3. The third kappa shape index (κ3) is 4.11. The normalized spacial score (nSPS) is 18.4. The molecule has 2 rings (SSSR count). The summed E-state index contributed by atoms with van der Waals surface area (Å²) in [6, 6.07) is 7.89. The lowest BCUT2D eigenvalue weighted by molar-refractivity contribution is -0.125. The maximum Gasteiger partial charge on any atom is 0.230 e. The second-order valence-corrected chi connectivity index (χ2v) is 6.07. The van der Waals surface area contributed by atoms with Crippen LogP contribution in [-0.2, 0) is 10.2 Å². The second-order valence-electron chi connectivity index (χ2n) is 5.64. The largest absolute Gasteiger partial charge is 0.354 e. The zero-order chi connectivity index (χ0) is 13.9. The third-order valence-corrected chi connectivity index (χ3v) is 4.06. The fourth-order valence-corrected chi connectivity index (χ4v) is 2.49. The van der Waals surface area contributed by atoms with Crippen LogP contribution in [0, 0.1) is 0 Å². The van der Waals surface area contributed by atoms with Crippen molar-refractivity contribution in [2.45, 2.75) is 38.1 Å². The minimum atomic E-state index is -0.538. The Hall–Kier alpha value is -0.770. The highest BCUT2D eigenvalue weighted by Gasteiger charge is 2.30. The van der Waals surface area contributed by atoms with Gasteiger partial charge >= 0.3 is 0 Å². The molecule has 2 N–H and O–H groups in total. The maximum atomic E-state index is 12.3. The Morgan fingerprint density at radius 3 is 2.60 bits per heavy atom. The van der Waals surface area contributed by atoms with Crippen LogP contribution in [-0.4, -0.2) is 25.0 Å². The van der Waals surface area contributed by atoms with E-state index in [-0.39, 0.29) is 18.3 Å². The monoisotopic (exact) mass is 316 g/mol. The fraction of sp³-hybridized carbons (Fsp3) is 0.533. The van der Waals surface area contributed by atoms with Gasteiger partial charge in [-0.25, -0.2) is 0 Å².